The van der Waals surface area contributed by atoms with Gasteiger partial charge < -0.3 is 10.2 Å². The highest BCUT2D eigenvalue weighted by molar-refractivity contribution is 5.99. The molecule has 7 nitrogen and oxygen atoms in total. The van der Waals surface area contributed by atoms with E-state index in [1.165, 1.54) is 0 Å². The van der Waals surface area contributed by atoms with Crippen LogP contribution in [0.15, 0.2) is 12.3 Å². The summed E-state index contributed by atoms with van der Waals surface area (Å²) in [7, 11) is 0. The summed E-state index contributed by atoms with van der Waals surface area (Å²) in [6, 6.07) is 1.85. The van der Waals surface area contributed by atoms with Crippen molar-refractivity contribution in [3.05, 3.63) is 23.5 Å². The molecule has 4 heterocycles. The first-order valence-corrected chi connectivity index (χ1v) is 8.52. The van der Waals surface area contributed by atoms with E-state index in [0.717, 1.165) is 30.4 Å². The van der Waals surface area contributed by atoms with Crippen LogP contribution in [0.3, 0.4) is 0 Å². The van der Waals surface area contributed by atoms with Crippen molar-refractivity contribution in [1.82, 2.24) is 25.0 Å². The molecule has 24 heavy (non-hydrogen) atoms. The number of hydrogen-bond donors (Lipinski definition) is 1. The summed E-state index contributed by atoms with van der Waals surface area (Å²) < 4.78 is 1.83. The second-order valence-corrected chi connectivity index (χ2v) is 6.55. The lowest BCUT2D eigenvalue weighted by atomic mass is 9.91. The van der Waals surface area contributed by atoms with E-state index in [4.69, 9.17) is 0 Å². The minimum Gasteiger partial charge on any atom is -0.354 e. The summed E-state index contributed by atoms with van der Waals surface area (Å²) in [5, 5.41) is 8.07. The van der Waals surface area contributed by atoms with Crippen LogP contribution in [0.1, 0.15) is 35.8 Å². The standard InChI is InChI=1S/C17H21N5O2/c1-3-22-15-11(8-19-22)7-13(10(2)20-15)17(24)21-6-4-5-12-14(21)9-18-16(12)23/h7-8,12,14H,3-6,9H2,1-2H3,(H,18,23)/t12-,14-/m1/s1. The Kier molecular flexibility index (Phi) is 3.51. The van der Waals surface area contributed by atoms with Gasteiger partial charge in [-0.25, -0.2) is 9.67 Å². The Bertz CT molecular complexity index is 828. The topological polar surface area (TPSA) is 80.1 Å². The normalized spacial score (nSPS) is 23.4. The molecule has 0 bridgehead atoms. The van der Waals surface area contributed by atoms with Crippen LogP contribution in [0.5, 0.6) is 0 Å². The summed E-state index contributed by atoms with van der Waals surface area (Å²) >= 11 is 0. The fourth-order valence-corrected chi connectivity index (χ4v) is 3.90. The Labute approximate surface area is 140 Å². The van der Waals surface area contributed by atoms with E-state index >= 15 is 0 Å². The lowest BCUT2D eigenvalue weighted by Crippen LogP contribution is -2.48. The number of pyridine rings is 1. The van der Waals surface area contributed by atoms with Gasteiger partial charge in [-0.05, 0) is 32.8 Å². The maximum Gasteiger partial charge on any atom is 0.256 e. The summed E-state index contributed by atoms with van der Waals surface area (Å²) in [5.41, 5.74) is 2.13. The zero-order valence-corrected chi connectivity index (χ0v) is 14.0. The van der Waals surface area contributed by atoms with E-state index in [-0.39, 0.29) is 23.8 Å². The van der Waals surface area contributed by atoms with Gasteiger partial charge in [0.15, 0.2) is 5.65 Å². The SMILES string of the molecule is CCn1ncc2cc(C(=O)N3CCC[C@H]4C(=O)NC[C@H]43)c(C)nc21. The molecule has 2 amide bonds. The first kappa shape index (κ1) is 15.1. The first-order chi connectivity index (χ1) is 11.6. The summed E-state index contributed by atoms with van der Waals surface area (Å²) in [6.45, 7) is 5.87. The van der Waals surface area contributed by atoms with Crippen LogP contribution in [0.25, 0.3) is 11.0 Å². The third-order valence-corrected chi connectivity index (χ3v) is 5.19. The van der Waals surface area contributed by atoms with Crippen molar-refractivity contribution in [1.29, 1.82) is 0 Å². The average Bonchev–Trinajstić information content (AvgIpc) is 3.16. The highest BCUT2D eigenvalue weighted by atomic mass is 16.2. The molecular formula is C17H21N5O2. The number of fused-ring (bicyclic) bond motifs is 2. The molecule has 2 aliphatic heterocycles. The van der Waals surface area contributed by atoms with E-state index in [1.54, 1.807) is 6.20 Å². The number of nitrogens with one attached hydrogen (secondary N) is 1. The van der Waals surface area contributed by atoms with Crippen LogP contribution in [0.4, 0.5) is 0 Å². The summed E-state index contributed by atoms with van der Waals surface area (Å²) in [6.07, 6.45) is 3.48. The van der Waals surface area contributed by atoms with Crippen molar-refractivity contribution in [2.75, 3.05) is 13.1 Å². The molecule has 2 saturated heterocycles. The van der Waals surface area contributed by atoms with E-state index < -0.39 is 0 Å². The smallest absolute Gasteiger partial charge is 0.256 e. The molecule has 0 saturated carbocycles. The molecule has 2 aromatic heterocycles. The second kappa shape index (κ2) is 5.58. The summed E-state index contributed by atoms with van der Waals surface area (Å²) in [4.78, 5) is 31.5. The van der Waals surface area contributed by atoms with Gasteiger partial charge >= 0.3 is 0 Å². The molecule has 0 radical (unpaired) electrons. The minimum atomic E-state index is -0.0671. The molecule has 2 fully saturated rings. The largest absolute Gasteiger partial charge is 0.354 e. The van der Waals surface area contributed by atoms with Gasteiger partial charge in [0.2, 0.25) is 5.91 Å². The number of aryl methyl sites for hydroxylation is 2. The van der Waals surface area contributed by atoms with Gasteiger partial charge in [-0.15, -0.1) is 0 Å². The number of aromatic nitrogens is 3. The number of piperidine rings is 1. The zero-order chi connectivity index (χ0) is 16.8. The molecule has 0 unspecified atom stereocenters. The summed E-state index contributed by atoms with van der Waals surface area (Å²) in [5.74, 6) is -0.0214. The van der Waals surface area contributed by atoms with E-state index in [9.17, 15) is 9.59 Å². The van der Waals surface area contributed by atoms with Crippen LogP contribution in [-0.4, -0.2) is 50.6 Å². The van der Waals surface area contributed by atoms with Crippen LogP contribution in [-0.2, 0) is 11.3 Å². The molecule has 0 spiro atoms. The van der Waals surface area contributed by atoms with Gasteiger partial charge in [0, 0.05) is 25.0 Å². The fraction of sp³-hybridized carbons (Fsp3) is 0.529. The average molecular weight is 327 g/mol. The molecule has 2 atom stereocenters. The van der Waals surface area contributed by atoms with Crippen LogP contribution >= 0.6 is 0 Å². The Morgan fingerprint density at radius 3 is 3.08 bits per heavy atom. The van der Waals surface area contributed by atoms with Crippen molar-refractivity contribution in [3.8, 4) is 0 Å². The van der Waals surface area contributed by atoms with Crippen LogP contribution in [0.2, 0.25) is 0 Å². The lowest BCUT2D eigenvalue weighted by Gasteiger charge is -2.36. The third-order valence-electron chi connectivity index (χ3n) is 5.19. The van der Waals surface area contributed by atoms with Gasteiger partial charge in [0.1, 0.15) is 0 Å². The Morgan fingerprint density at radius 1 is 1.46 bits per heavy atom. The third kappa shape index (κ3) is 2.18. The fourth-order valence-electron chi connectivity index (χ4n) is 3.90. The highest BCUT2D eigenvalue weighted by Gasteiger charge is 2.43. The number of nitrogens with zero attached hydrogens (tertiary/aromatic N) is 4. The maximum absolute atomic E-state index is 13.1. The predicted octanol–water partition coefficient (Wildman–Crippen LogP) is 1.11. The number of likely N-dealkylation sites (tertiary alicyclic amines) is 1. The number of amides is 2. The van der Waals surface area contributed by atoms with Crippen molar-refractivity contribution < 1.29 is 9.59 Å². The number of rotatable bonds is 2. The van der Waals surface area contributed by atoms with Crippen molar-refractivity contribution in [2.24, 2.45) is 5.92 Å². The number of hydrogen-bond acceptors (Lipinski definition) is 4. The molecule has 1 N–H and O–H groups in total. The monoisotopic (exact) mass is 327 g/mol. The minimum absolute atomic E-state index is 0.0302. The van der Waals surface area contributed by atoms with E-state index in [2.05, 4.69) is 15.4 Å². The highest BCUT2D eigenvalue weighted by Crippen LogP contribution is 2.29. The lowest BCUT2D eigenvalue weighted by molar-refractivity contribution is -0.123. The molecule has 2 aliphatic rings. The van der Waals surface area contributed by atoms with Gasteiger partial charge in [-0.3, -0.25) is 9.59 Å². The van der Waals surface area contributed by atoms with Crippen molar-refractivity contribution >= 4 is 22.8 Å². The molecule has 0 aliphatic carbocycles. The molecule has 2 aromatic rings. The number of carbonyl (C=O) groups excluding carboxylic acids is 2. The quantitative estimate of drug-likeness (QED) is 0.896. The van der Waals surface area contributed by atoms with E-state index in [1.807, 2.05) is 29.5 Å². The molecular weight excluding hydrogens is 306 g/mol. The Morgan fingerprint density at radius 2 is 2.29 bits per heavy atom. The Balaban J connectivity index is 1.70. The van der Waals surface area contributed by atoms with Crippen LogP contribution < -0.4 is 5.32 Å². The maximum atomic E-state index is 13.1. The molecule has 7 heteroatoms. The Hall–Kier alpha value is -2.44. The number of carbonyl (C=O) groups is 2. The predicted molar refractivity (Wildman–Crippen MR) is 88.5 cm³/mol. The van der Waals surface area contributed by atoms with Gasteiger partial charge in [0.05, 0.1) is 29.4 Å². The zero-order valence-electron chi connectivity index (χ0n) is 14.0. The molecule has 0 aromatic carbocycles. The van der Waals surface area contributed by atoms with Gasteiger partial charge in [-0.1, -0.05) is 0 Å². The van der Waals surface area contributed by atoms with Crippen molar-refractivity contribution in [2.45, 2.75) is 39.3 Å². The van der Waals surface area contributed by atoms with Gasteiger partial charge in [-0.2, -0.15) is 5.10 Å². The van der Waals surface area contributed by atoms with E-state index in [0.29, 0.717) is 24.3 Å². The van der Waals surface area contributed by atoms with Crippen molar-refractivity contribution in [3.63, 3.8) is 0 Å². The first-order valence-electron chi connectivity index (χ1n) is 8.52. The molecule has 4 rings (SSSR count). The molecule has 126 valence electrons. The van der Waals surface area contributed by atoms with Crippen LogP contribution in [0, 0.1) is 12.8 Å². The van der Waals surface area contributed by atoms with Gasteiger partial charge in [0.25, 0.3) is 5.91 Å². The second-order valence-electron chi connectivity index (χ2n) is 6.55.